The molecular weight excluding hydrogens is 334 g/mol. The Hall–Kier alpha value is -2.38. The molecule has 3 rings (SSSR count). The van der Waals surface area contributed by atoms with Crippen LogP contribution in [0.5, 0.6) is 0 Å². The molecule has 2 heterocycles. The molecule has 1 fully saturated rings. The molecule has 0 saturated carbocycles. The summed E-state index contributed by atoms with van der Waals surface area (Å²) in [4.78, 5) is 27.1. The smallest absolute Gasteiger partial charge is 0.268 e. The van der Waals surface area contributed by atoms with Crippen LogP contribution >= 0.6 is 0 Å². The molecule has 1 saturated heterocycles. The molecule has 4 N–H and O–H groups in total. The molecule has 0 bridgehead atoms. The first-order valence-electron chi connectivity index (χ1n) is 8.75. The number of aryl methyl sites for hydroxylation is 3. The lowest BCUT2D eigenvalue weighted by atomic mass is 10.0. The monoisotopic (exact) mass is 359 g/mol. The van der Waals surface area contributed by atoms with Crippen LogP contribution in [0.1, 0.15) is 33.6 Å². The Morgan fingerprint density at radius 3 is 2.85 bits per heavy atom. The number of benzene rings is 1. The largest absolute Gasteiger partial charge is 0.379 e. The maximum Gasteiger partial charge on any atom is 0.268 e. The van der Waals surface area contributed by atoms with Crippen LogP contribution in [-0.4, -0.2) is 48.8 Å². The van der Waals surface area contributed by atoms with Crippen molar-refractivity contribution in [3.8, 4) is 0 Å². The molecule has 1 aromatic carbocycles. The van der Waals surface area contributed by atoms with Gasteiger partial charge in [0.2, 0.25) is 5.91 Å². The van der Waals surface area contributed by atoms with Gasteiger partial charge in [-0.1, -0.05) is 11.6 Å². The fourth-order valence-electron chi connectivity index (χ4n) is 3.49. The number of hydrogen-bond donors (Lipinski definition) is 3. The van der Waals surface area contributed by atoms with E-state index in [1.165, 1.54) is 0 Å². The normalized spacial score (nSPS) is 20.3. The van der Waals surface area contributed by atoms with Gasteiger partial charge >= 0.3 is 0 Å². The number of nitrogens with two attached hydrogens (primary N) is 1. The summed E-state index contributed by atoms with van der Waals surface area (Å²) >= 11 is 0. The van der Waals surface area contributed by atoms with Gasteiger partial charge in [-0.05, 0) is 44.4 Å². The number of carbonyl (C=O) groups excluding carboxylic acids is 2. The second-order valence-corrected chi connectivity index (χ2v) is 6.89. The molecule has 1 aliphatic heterocycles. The van der Waals surface area contributed by atoms with Crippen molar-refractivity contribution in [2.24, 2.45) is 5.73 Å². The predicted molar refractivity (Wildman–Crippen MR) is 98.1 cm³/mol. The van der Waals surface area contributed by atoms with Crippen LogP contribution in [0.15, 0.2) is 12.1 Å². The van der Waals surface area contributed by atoms with Crippen LogP contribution in [-0.2, 0) is 14.3 Å². The highest BCUT2D eigenvalue weighted by Crippen LogP contribution is 2.26. The van der Waals surface area contributed by atoms with E-state index in [0.717, 1.165) is 27.6 Å². The molecule has 2 aromatic rings. The van der Waals surface area contributed by atoms with E-state index in [0.29, 0.717) is 25.3 Å². The Morgan fingerprint density at radius 2 is 2.12 bits per heavy atom. The Kier molecular flexibility index (Phi) is 5.29. The molecule has 2 atom stereocenters. The first kappa shape index (κ1) is 18.4. The minimum absolute atomic E-state index is 0.166. The van der Waals surface area contributed by atoms with Gasteiger partial charge in [-0.15, -0.1) is 0 Å². The summed E-state index contributed by atoms with van der Waals surface area (Å²) in [6.45, 7) is 6.70. The van der Waals surface area contributed by atoms with Crippen LogP contribution in [0.4, 0.5) is 0 Å². The number of aromatic nitrogens is 1. The van der Waals surface area contributed by atoms with Gasteiger partial charge in [0.1, 0.15) is 12.3 Å². The van der Waals surface area contributed by atoms with Gasteiger partial charge in [-0.2, -0.15) is 0 Å². The molecule has 0 radical (unpaired) electrons. The highest BCUT2D eigenvalue weighted by molar-refractivity contribution is 6.01. The Labute approximate surface area is 152 Å². The van der Waals surface area contributed by atoms with Gasteiger partial charge in [0, 0.05) is 17.5 Å². The van der Waals surface area contributed by atoms with Gasteiger partial charge in [-0.3, -0.25) is 9.59 Å². The highest BCUT2D eigenvalue weighted by Gasteiger charge is 2.29. The summed E-state index contributed by atoms with van der Waals surface area (Å²) in [7, 11) is 0. The Morgan fingerprint density at radius 1 is 1.35 bits per heavy atom. The molecule has 26 heavy (non-hydrogen) atoms. The molecule has 2 amide bonds. The molecule has 7 heteroatoms. The van der Waals surface area contributed by atoms with Gasteiger partial charge < -0.3 is 25.5 Å². The lowest BCUT2D eigenvalue weighted by Crippen LogP contribution is -2.51. The number of primary amides is 1. The third-order valence-corrected chi connectivity index (χ3v) is 4.78. The van der Waals surface area contributed by atoms with E-state index in [-0.39, 0.29) is 24.7 Å². The summed E-state index contributed by atoms with van der Waals surface area (Å²) in [5, 5.41) is 4.02. The number of amides is 2. The third-order valence-electron chi connectivity index (χ3n) is 4.78. The number of fused-ring (bicyclic) bond motifs is 1. The fourth-order valence-corrected chi connectivity index (χ4v) is 3.49. The van der Waals surface area contributed by atoms with Crippen molar-refractivity contribution < 1.29 is 19.1 Å². The lowest BCUT2D eigenvalue weighted by molar-refractivity contribution is -0.128. The van der Waals surface area contributed by atoms with Crippen LogP contribution in [0.25, 0.3) is 10.9 Å². The summed E-state index contributed by atoms with van der Waals surface area (Å²) in [6.07, 6.45) is 0.302. The number of carbonyl (C=O) groups is 2. The maximum absolute atomic E-state index is 12.8. The van der Waals surface area contributed by atoms with E-state index in [1.807, 2.05) is 20.8 Å². The first-order chi connectivity index (χ1) is 12.4. The van der Waals surface area contributed by atoms with Gasteiger partial charge in [-0.25, -0.2) is 0 Å². The number of aromatic amines is 1. The average molecular weight is 359 g/mol. The van der Waals surface area contributed by atoms with Crippen LogP contribution in [0.3, 0.4) is 0 Å². The second-order valence-electron chi connectivity index (χ2n) is 6.89. The van der Waals surface area contributed by atoms with Crippen molar-refractivity contribution in [2.75, 3.05) is 19.8 Å². The van der Waals surface area contributed by atoms with Crippen molar-refractivity contribution in [3.05, 3.63) is 34.5 Å². The zero-order valence-electron chi connectivity index (χ0n) is 15.3. The molecule has 1 aliphatic rings. The quantitative estimate of drug-likeness (QED) is 0.752. The van der Waals surface area contributed by atoms with Crippen molar-refractivity contribution in [1.82, 2.24) is 10.3 Å². The van der Waals surface area contributed by atoms with Gasteiger partial charge in [0.25, 0.3) is 5.91 Å². The minimum Gasteiger partial charge on any atom is -0.379 e. The number of hydrogen-bond acceptors (Lipinski definition) is 4. The number of nitrogens with one attached hydrogen (secondary N) is 2. The average Bonchev–Trinajstić information content (AvgIpc) is 2.91. The number of H-pyrrole nitrogens is 1. The Balaban J connectivity index is 1.80. The fraction of sp³-hybridized carbons (Fsp3) is 0.474. The van der Waals surface area contributed by atoms with Crippen molar-refractivity contribution in [1.29, 1.82) is 0 Å². The summed E-state index contributed by atoms with van der Waals surface area (Å²) in [5.41, 5.74) is 9.83. The van der Waals surface area contributed by atoms with Crippen LogP contribution in [0, 0.1) is 20.8 Å². The summed E-state index contributed by atoms with van der Waals surface area (Å²) < 4.78 is 11.0. The molecule has 0 spiro atoms. The van der Waals surface area contributed by atoms with Crippen molar-refractivity contribution in [2.45, 2.75) is 39.3 Å². The lowest BCUT2D eigenvalue weighted by Gasteiger charge is -2.31. The molecule has 1 aromatic heterocycles. The third kappa shape index (κ3) is 3.73. The zero-order valence-corrected chi connectivity index (χ0v) is 15.3. The summed E-state index contributed by atoms with van der Waals surface area (Å²) in [6, 6.07) is 3.83. The predicted octanol–water partition coefficient (Wildman–Crippen LogP) is 1.48. The van der Waals surface area contributed by atoms with Gasteiger partial charge in [0.15, 0.2) is 0 Å². The van der Waals surface area contributed by atoms with E-state index in [1.54, 1.807) is 0 Å². The topological polar surface area (TPSA) is 106 Å². The second kappa shape index (κ2) is 7.47. The summed E-state index contributed by atoms with van der Waals surface area (Å²) in [5.74, 6) is -0.738. The molecule has 7 nitrogen and oxygen atoms in total. The SMILES string of the molecule is Cc1cc(C)c2[nH]c(C(=O)N[C@@H]3COCC[C@@H]3OCC(N)=O)c(C)c2c1. The van der Waals surface area contributed by atoms with Gasteiger partial charge in [0.05, 0.1) is 18.8 Å². The van der Waals surface area contributed by atoms with Crippen molar-refractivity contribution in [3.63, 3.8) is 0 Å². The van der Waals surface area contributed by atoms with E-state index < -0.39 is 5.91 Å². The van der Waals surface area contributed by atoms with E-state index in [9.17, 15) is 9.59 Å². The first-order valence-corrected chi connectivity index (χ1v) is 8.75. The maximum atomic E-state index is 12.8. The minimum atomic E-state index is -0.529. The van der Waals surface area contributed by atoms with Crippen molar-refractivity contribution >= 4 is 22.7 Å². The van der Waals surface area contributed by atoms with E-state index in [4.69, 9.17) is 15.2 Å². The number of rotatable bonds is 5. The van der Waals surface area contributed by atoms with Crippen LogP contribution < -0.4 is 11.1 Å². The molecular formula is C19H25N3O4. The highest BCUT2D eigenvalue weighted by atomic mass is 16.5. The van der Waals surface area contributed by atoms with E-state index >= 15 is 0 Å². The van der Waals surface area contributed by atoms with Crippen LogP contribution in [0.2, 0.25) is 0 Å². The van der Waals surface area contributed by atoms with E-state index in [2.05, 4.69) is 22.4 Å². The molecule has 140 valence electrons. The molecule has 0 unspecified atom stereocenters. The number of ether oxygens (including phenoxy) is 2. The zero-order chi connectivity index (χ0) is 18.8. The standard InChI is InChI=1S/C19H25N3O4/c1-10-6-11(2)17-13(7-10)12(3)18(22-17)19(24)21-14-8-25-5-4-15(14)26-9-16(20)23/h6-7,14-15,22H,4-5,8-9H2,1-3H3,(H2,20,23)(H,21,24)/t14-,15+/m1/s1. The molecule has 0 aliphatic carbocycles. The Bertz CT molecular complexity index is 843.